The minimum atomic E-state index is 0.0912. The van der Waals surface area contributed by atoms with Gasteiger partial charge in [-0.2, -0.15) is 0 Å². The van der Waals surface area contributed by atoms with Gasteiger partial charge < -0.3 is 9.64 Å². The predicted molar refractivity (Wildman–Crippen MR) is 88.7 cm³/mol. The molecule has 22 heavy (non-hydrogen) atoms. The number of morpholine rings is 1. The van der Waals surface area contributed by atoms with Gasteiger partial charge in [-0.1, -0.05) is 19.9 Å². The third-order valence-electron chi connectivity index (χ3n) is 4.85. The van der Waals surface area contributed by atoms with Crippen LogP contribution in [0.3, 0.4) is 0 Å². The number of hydrogen-bond donors (Lipinski definition) is 0. The van der Waals surface area contributed by atoms with Crippen molar-refractivity contribution in [2.24, 2.45) is 5.92 Å². The van der Waals surface area contributed by atoms with Crippen molar-refractivity contribution in [3.8, 4) is 0 Å². The van der Waals surface area contributed by atoms with E-state index in [0.717, 1.165) is 32.2 Å². The molecule has 1 spiro atoms. The van der Waals surface area contributed by atoms with Gasteiger partial charge in [0, 0.05) is 51.7 Å². The lowest BCUT2D eigenvalue weighted by Gasteiger charge is -2.47. The molecule has 3 heterocycles. The second kappa shape index (κ2) is 7.07. The number of likely N-dealkylation sites (tertiary alicyclic amines) is 1. The molecule has 0 atom stereocenters. The molecule has 0 unspecified atom stereocenters. The molecule has 2 saturated heterocycles. The maximum atomic E-state index is 6.24. The smallest absolute Gasteiger partial charge is 0.0833 e. The Hall–Kier alpha value is -0.970. The van der Waals surface area contributed by atoms with Crippen molar-refractivity contribution in [3.05, 3.63) is 30.1 Å². The van der Waals surface area contributed by atoms with Crippen molar-refractivity contribution in [2.75, 3.05) is 39.3 Å². The molecule has 0 aromatic carbocycles. The highest BCUT2D eigenvalue weighted by molar-refractivity contribution is 5.08. The van der Waals surface area contributed by atoms with Gasteiger partial charge in [-0.15, -0.1) is 0 Å². The quantitative estimate of drug-likeness (QED) is 0.854. The first-order valence-corrected chi connectivity index (χ1v) is 8.63. The van der Waals surface area contributed by atoms with Gasteiger partial charge in [-0.05, 0) is 30.4 Å². The number of nitrogens with zero attached hydrogens (tertiary/aromatic N) is 3. The van der Waals surface area contributed by atoms with E-state index in [1.54, 1.807) is 0 Å². The van der Waals surface area contributed by atoms with Crippen LogP contribution in [0, 0.1) is 5.92 Å². The minimum Gasteiger partial charge on any atom is -0.372 e. The summed E-state index contributed by atoms with van der Waals surface area (Å²) >= 11 is 0. The van der Waals surface area contributed by atoms with E-state index in [1.807, 2.05) is 18.5 Å². The molecule has 0 aliphatic carbocycles. The number of pyridine rings is 1. The molecule has 0 radical (unpaired) electrons. The predicted octanol–water partition coefficient (Wildman–Crippen LogP) is 2.40. The summed E-state index contributed by atoms with van der Waals surface area (Å²) in [5, 5.41) is 0. The molecule has 2 aliphatic heterocycles. The molecule has 122 valence electrons. The third kappa shape index (κ3) is 4.06. The largest absolute Gasteiger partial charge is 0.372 e. The van der Waals surface area contributed by atoms with E-state index in [4.69, 9.17) is 4.74 Å². The molecule has 4 nitrogen and oxygen atoms in total. The first-order valence-electron chi connectivity index (χ1n) is 8.63. The van der Waals surface area contributed by atoms with Crippen LogP contribution >= 0.6 is 0 Å². The summed E-state index contributed by atoms with van der Waals surface area (Å²) in [6.07, 6.45) is 6.16. The van der Waals surface area contributed by atoms with E-state index in [0.29, 0.717) is 0 Å². The fourth-order valence-corrected chi connectivity index (χ4v) is 3.77. The van der Waals surface area contributed by atoms with Crippen molar-refractivity contribution in [2.45, 2.75) is 38.8 Å². The molecule has 1 aromatic heterocycles. The maximum absolute atomic E-state index is 6.24. The Morgan fingerprint density at radius 1 is 1.23 bits per heavy atom. The molecule has 3 rings (SSSR count). The summed E-state index contributed by atoms with van der Waals surface area (Å²) in [6.45, 7) is 12.1. The van der Waals surface area contributed by atoms with Crippen molar-refractivity contribution >= 4 is 0 Å². The summed E-state index contributed by atoms with van der Waals surface area (Å²) in [5.74, 6) is 0.753. The van der Waals surface area contributed by atoms with E-state index in [1.165, 1.54) is 38.0 Å². The van der Waals surface area contributed by atoms with Crippen LogP contribution in [0.2, 0.25) is 0 Å². The van der Waals surface area contributed by atoms with Crippen LogP contribution in [-0.4, -0.2) is 59.7 Å². The average Bonchev–Trinajstić information content (AvgIpc) is 2.51. The van der Waals surface area contributed by atoms with E-state index >= 15 is 0 Å². The summed E-state index contributed by atoms with van der Waals surface area (Å²) in [6, 6.07) is 4.19. The summed E-state index contributed by atoms with van der Waals surface area (Å²) < 4.78 is 6.24. The summed E-state index contributed by atoms with van der Waals surface area (Å²) in [5.41, 5.74) is 1.39. The second-order valence-corrected chi connectivity index (χ2v) is 7.30. The Morgan fingerprint density at radius 3 is 2.73 bits per heavy atom. The van der Waals surface area contributed by atoms with Crippen LogP contribution in [0.5, 0.6) is 0 Å². The van der Waals surface area contributed by atoms with Crippen molar-refractivity contribution in [1.29, 1.82) is 0 Å². The van der Waals surface area contributed by atoms with Gasteiger partial charge in [0.05, 0.1) is 12.2 Å². The lowest BCUT2D eigenvalue weighted by Crippen LogP contribution is -2.56. The topological polar surface area (TPSA) is 28.6 Å². The van der Waals surface area contributed by atoms with E-state index in [9.17, 15) is 0 Å². The minimum absolute atomic E-state index is 0.0912. The lowest BCUT2D eigenvalue weighted by molar-refractivity contribution is -0.138. The van der Waals surface area contributed by atoms with Crippen LogP contribution in [0.25, 0.3) is 0 Å². The molecule has 2 fully saturated rings. The molecule has 1 aromatic rings. The van der Waals surface area contributed by atoms with Gasteiger partial charge in [0.15, 0.2) is 0 Å². The summed E-state index contributed by atoms with van der Waals surface area (Å²) in [7, 11) is 0. The number of aromatic nitrogens is 1. The SMILES string of the molecule is CC(C)CN1CCC2(CC1)CN(Cc1cccnc1)CCO2. The zero-order valence-corrected chi connectivity index (χ0v) is 14.0. The Kier molecular flexibility index (Phi) is 5.11. The van der Waals surface area contributed by atoms with Crippen LogP contribution in [0.15, 0.2) is 24.5 Å². The van der Waals surface area contributed by atoms with Gasteiger partial charge >= 0.3 is 0 Å². The fraction of sp³-hybridized carbons (Fsp3) is 0.722. The average molecular weight is 303 g/mol. The first kappa shape index (κ1) is 15.9. The Morgan fingerprint density at radius 2 is 2.05 bits per heavy atom. The lowest BCUT2D eigenvalue weighted by atomic mass is 9.89. The molecule has 0 saturated carbocycles. The normalized spacial score (nSPS) is 23.2. The highest BCUT2D eigenvalue weighted by Crippen LogP contribution is 2.30. The van der Waals surface area contributed by atoms with Crippen molar-refractivity contribution < 1.29 is 4.74 Å². The molecular formula is C18H29N3O. The van der Waals surface area contributed by atoms with Crippen LogP contribution in [-0.2, 0) is 11.3 Å². The number of hydrogen-bond acceptors (Lipinski definition) is 4. The highest BCUT2D eigenvalue weighted by Gasteiger charge is 2.39. The molecule has 0 amide bonds. The summed E-state index contributed by atoms with van der Waals surface area (Å²) in [4.78, 5) is 9.36. The fourth-order valence-electron chi connectivity index (χ4n) is 3.77. The highest BCUT2D eigenvalue weighted by atomic mass is 16.5. The zero-order valence-electron chi connectivity index (χ0n) is 14.0. The Balaban J connectivity index is 1.54. The van der Waals surface area contributed by atoms with Gasteiger partial charge in [0.25, 0.3) is 0 Å². The molecule has 2 aliphatic rings. The Bertz CT molecular complexity index is 455. The van der Waals surface area contributed by atoms with Crippen LogP contribution in [0.4, 0.5) is 0 Å². The van der Waals surface area contributed by atoms with E-state index in [2.05, 4.69) is 34.7 Å². The monoisotopic (exact) mass is 303 g/mol. The number of ether oxygens (including phenoxy) is 1. The zero-order chi connectivity index (χ0) is 15.4. The molecule has 0 bridgehead atoms. The van der Waals surface area contributed by atoms with Gasteiger partial charge in [-0.3, -0.25) is 9.88 Å². The van der Waals surface area contributed by atoms with E-state index in [-0.39, 0.29) is 5.60 Å². The van der Waals surface area contributed by atoms with E-state index < -0.39 is 0 Å². The number of rotatable bonds is 4. The standard InChI is InChI=1S/C18H29N3O/c1-16(2)13-20-8-5-18(6-9-20)15-21(10-11-22-18)14-17-4-3-7-19-12-17/h3-4,7,12,16H,5-6,8-11,13-15H2,1-2H3. The van der Waals surface area contributed by atoms with Crippen LogP contribution < -0.4 is 0 Å². The van der Waals surface area contributed by atoms with Crippen molar-refractivity contribution in [3.63, 3.8) is 0 Å². The van der Waals surface area contributed by atoms with Gasteiger partial charge in [0.2, 0.25) is 0 Å². The molecule has 0 N–H and O–H groups in total. The van der Waals surface area contributed by atoms with Gasteiger partial charge in [-0.25, -0.2) is 0 Å². The third-order valence-corrected chi connectivity index (χ3v) is 4.85. The first-order chi connectivity index (χ1) is 10.7. The Labute approximate surface area is 134 Å². The number of piperidine rings is 1. The maximum Gasteiger partial charge on any atom is 0.0833 e. The van der Waals surface area contributed by atoms with Crippen molar-refractivity contribution in [1.82, 2.24) is 14.8 Å². The van der Waals surface area contributed by atoms with Gasteiger partial charge in [0.1, 0.15) is 0 Å². The molecular weight excluding hydrogens is 274 g/mol. The second-order valence-electron chi connectivity index (χ2n) is 7.30. The van der Waals surface area contributed by atoms with Crippen LogP contribution in [0.1, 0.15) is 32.3 Å². The molecule has 4 heteroatoms.